The highest BCUT2D eigenvalue weighted by molar-refractivity contribution is 6.10. The molecule has 0 bridgehead atoms. The van der Waals surface area contributed by atoms with E-state index in [1.807, 2.05) is 0 Å². The number of aromatic nitrogens is 6. The standard InChI is InChI=1S/C23H27N7O9/c1-4-37-21(35)12-6-26-30(8-12)23-27-18(24-7-13(11(3)32)22(36)38-5-2)15-19(28-23)29(10-25-15)20-17(34)16(33)14(9-31)39-20/h6-8,10,14,16-17,20,31-34H,4-5,9H2,1-3H3/t14-,16-,17-,20-/m1/s1. The predicted octanol–water partition coefficient (Wildman–Crippen LogP) is -0.102. The highest BCUT2D eigenvalue weighted by Crippen LogP contribution is 2.33. The van der Waals surface area contributed by atoms with Gasteiger partial charge in [0, 0.05) is 12.4 Å². The van der Waals surface area contributed by atoms with E-state index >= 15 is 0 Å². The number of rotatable bonds is 9. The molecule has 0 unspecified atom stereocenters. The number of allylic oxidation sites excluding steroid dienone is 1. The molecule has 3 aromatic heterocycles. The molecule has 0 aromatic carbocycles. The summed E-state index contributed by atoms with van der Waals surface area (Å²) < 4.78 is 18.0. The van der Waals surface area contributed by atoms with E-state index in [-0.39, 0.29) is 53.0 Å². The quantitative estimate of drug-likeness (QED) is 0.120. The summed E-state index contributed by atoms with van der Waals surface area (Å²) in [5.41, 5.74) is 0.0876. The van der Waals surface area contributed by atoms with Crippen LogP contribution in [0, 0.1) is 0 Å². The maximum atomic E-state index is 12.3. The summed E-state index contributed by atoms with van der Waals surface area (Å²) in [6.45, 7) is 4.26. The van der Waals surface area contributed by atoms with Crippen molar-refractivity contribution in [1.82, 2.24) is 29.3 Å². The molecule has 1 fully saturated rings. The fraction of sp³-hybridized carbons (Fsp3) is 0.435. The Morgan fingerprint density at radius 1 is 1.18 bits per heavy atom. The second-order valence-corrected chi connectivity index (χ2v) is 8.27. The van der Waals surface area contributed by atoms with Crippen LogP contribution in [0.15, 0.2) is 35.0 Å². The van der Waals surface area contributed by atoms with Gasteiger partial charge >= 0.3 is 11.9 Å². The zero-order valence-electron chi connectivity index (χ0n) is 21.2. The Kier molecular flexibility index (Phi) is 8.29. The molecule has 0 amide bonds. The van der Waals surface area contributed by atoms with Crippen LogP contribution in [0.2, 0.25) is 0 Å². The summed E-state index contributed by atoms with van der Waals surface area (Å²) in [6.07, 6.45) is -0.115. The molecule has 0 saturated carbocycles. The van der Waals surface area contributed by atoms with Gasteiger partial charge in [0.15, 0.2) is 23.2 Å². The number of hydrogen-bond donors (Lipinski definition) is 4. The third kappa shape index (κ3) is 5.49. The normalized spacial score (nSPS) is 21.9. The number of nitrogens with zero attached hydrogens (tertiary/aromatic N) is 7. The summed E-state index contributed by atoms with van der Waals surface area (Å²) in [5, 5.41) is 44.3. The van der Waals surface area contributed by atoms with Crippen LogP contribution in [0.1, 0.15) is 37.4 Å². The minimum Gasteiger partial charge on any atom is -0.512 e. The number of fused-ring (bicyclic) bond motifs is 1. The van der Waals surface area contributed by atoms with Gasteiger partial charge < -0.3 is 34.6 Å². The number of esters is 2. The van der Waals surface area contributed by atoms with Gasteiger partial charge in [0.25, 0.3) is 5.95 Å². The first-order valence-electron chi connectivity index (χ1n) is 11.9. The predicted molar refractivity (Wildman–Crippen MR) is 132 cm³/mol. The molecule has 16 nitrogen and oxygen atoms in total. The number of imidazole rings is 1. The first-order chi connectivity index (χ1) is 18.7. The van der Waals surface area contributed by atoms with E-state index in [0.717, 1.165) is 6.21 Å². The first-order valence-corrected chi connectivity index (χ1v) is 11.9. The SMILES string of the molecule is CCOC(=O)C(C=Nc1nc(-n2cc(C(=O)OCC)cn2)nc2c1ncn2[C@@H]1O[C@H](CO)[C@@H](O)[C@H]1O)=C(C)O. The Morgan fingerprint density at radius 3 is 2.56 bits per heavy atom. The van der Waals surface area contributed by atoms with Crippen molar-refractivity contribution in [3.8, 4) is 5.95 Å². The number of aliphatic hydroxyl groups is 4. The lowest BCUT2D eigenvalue weighted by Crippen LogP contribution is -2.33. The molecular formula is C23H27N7O9. The Morgan fingerprint density at radius 2 is 1.92 bits per heavy atom. The van der Waals surface area contributed by atoms with Gasteiger partial charge in [-0.2, -0.15) is 15.1 Å². The molecule has 0 spiro atoms. The lowest BCUT2D eigenvalue weighted by Gasteiger charge is -2.16. The molecule has 4 N–H and O–H groups in total. The summed E-state index contributed by atoms with van der Waals surface area (Å²) >= 11 is 0. The van der Waals surface area contributed by atoms with Crippen LogP contribution in [-0.2, 0) is 19.0 Å². The number of aliphatic hydroxyl groups excluding tert-OH is 4. The van der Waals surface area contributed by atoms with Gasteiger partial charge in [0.2, 0.25) is 0 Å². The minimum absolute atomic E-state index is 0.0717. The first kappa shape index (κ1) is 27.8. The lowest BCUT2D eigenvalue weighted by molar-refractivity contribution is -0.138. The van der Waals surface area contributed by atoms with E-state index in [1.54, 1.807) is 13.8 Å². The zero-order valence-corrected chi connectivity index (χ0v) is 21.2. The molecule has 1 aliphatic rings. The molecule has 0 aliphatic carbocycles. The van der Waals surface area contributed by atoms with E-state index in [0.29, 0.717) is 0 Å². The summed E-state index contributed by atoms with van der Waals surface area (Å²) in [5.74, 6) is -1.92. The summed E-state index contributed by atoms with van der Waals surface area (Å²) in [6, 6.07) is 0. The van der Waals surface area contributed by atoms with Crippen molar-refractivity contribution in [1.29, 1.82) is 0 Å². The molecule has 4 heterocycles. The van der Waals surface area contributed by atoms with Crippen molar-refractivity contribution in [3.63, 3.8) is 0 Å². The summed E-state index contributed by atoms with van der Waals surface area (Å²) in [4.78, 5) is 41.7. The van der Waals surface area contributed by atoms with Gasteiger partial charge in [-0.3, -0.25) is 4.57 Å². The Bertz CT molecular complexity index is 1430. The van der Waals surface area contributed by atoms with Gasteiger partial charge in [-0.15, -0.1) is 0 Å². The van der Waals surface area contributed by atoms with E-state index in [1.165, 1.54) is 34.9 Å². The molecule has 1 aliphatic heterocycles. The van der Waals surface area contributed by atoms with Crippen LogP contribution in [0.4, 0.5) is 5.82 Å². The van der Waals surface area contributed by atoms with Crippen LogP contribution in [0.5, 0.6) is 0 Å². The van der Waals surface area contributed by atoms with E-state index in [2.05, 4.69) is 25.0 Å². The monoisotopic (exact) mass is 545 g/mol. The maximum Gasteiger partial charge on any atom is 0.343 e. The van der Waals surface area contributed by atoms with Gasteiger partial charge in [0.05, 0.1) is 37.9 Å². The fourth-order valence-corrected chi connectivity index (χ4v) is 3.76. The highest BCUT2D eigenvalue weighted by Gasteiger charge is 2.44. The van der Waals surface area contributed by atoms with Crippen LogP contribution in [0.25, 0.3) is 17.1 Å². The number of hydrogen-bond acceptors (Lipinski definition) is 14. The van der Waals surface area contributed by atoms with Crippen LogP contribution in [-0.4, -0.2) is 106 Å². The zero-order chi connectivity index (χ0) is 28.3. The van der Waals surface area contributed by atoms with E-state index < -0.39 is 43.1 Å². The average Bonchev–Trinajstić information content (AvgIpc) is 3.62. The number of carbonyl (C=O) groups is 2. The number of aliphatic imine (C=N–C) groups is 1. The van der Waals surface area contributed by atoms with Crippen LogP contribution >= 0.6 is 0 Å². The van der Waals surface area contributed by atoms with Crippen molar-refractivity contribution in [2.45, 2.75) is 45.3 Å². The Labute approximate surface area is 220 Å². The molecule has 4 rings (SSSR count). The van der Waals surface area contributed by atoms with Crippen LogP contribution < -0.4 is 0 Å². The van der Waals surface area contributed by atoms with Crippen molar-refractivity contribution >= 4 is 35.1 Å². The number of carbonyl (C=O) groups excluding carboxylic acids is 2. The highest BCUT2D eigenvalue weighted by atomic mass is 16.6. The molecular weight excluding hydrogens is 518 g/mol. The van der Waals surface area contributed by atoms with Gasteiger partial charge in [-0.25, -0.2) is 24.2 Å². The average molecular weight is 546 g/mol. The molecule has 16 heteroatoms. The smallest absolute Gasteiger partial charge is 0.343 e. The van der Waals surface area contributed by atoms with Crippen molar-refractivity contribution in [3.05, 3.63) is 35.6 Å². The Balaban J connectivity index is 1.84. The minimum atomic E-state index is -1.43. The molecule has 1 saturated heterocycles. The van der Waals surface area contributed by atoms with Gasteiger partial charge in [-0.1, -0.05) is 0 Å². The second kappa shape index (κ2) is 11.6. The lowest BCUT2D eigenvalue weighted by atomic mass is 10.1. The van der Waals surface area contributed by atoms with Gasteiger partial charge in [-0.05, 0) is 20.8 Å². The van der Waals surface area contributed by atoms with E-state index in [9.17, 15) is 30.0 Å². The van der Waals surface area contributed by atoms with Crippen molar-refractivity contribution in [2.24, 2.45) is 4.99 Å². The third-order valence-electron chi connectivity index (χ3n) is 5.68. The van der Waals surface area contributed by atoms with Crippen molar-refractivity contribution < 1.29 is 44.2 Å². The fourth-order valence-electron chi connectivity index (χ4n) is 3.76. The molecule has 4 atom stereocenters. The van der Waals surface area contributed by atoms with Gasteiger partial charge in [0.1, 0.15) is 29.6 Å². The molecule has 208 valence electrons. The molecule has 3 aromatic rings. The Hall–Kier alpha value is -4.25. The molecule has 0 radical (unpaired) electrons. The third-order valence-corrected chi connectivity index (χ3v) is 5.68. The molecule has 39 heavy (non-hydrogen) atoms. The maximum absolute atomic E-state index is 12.3. The summed E-state index contributed by atoms with van der Waals surface area (Å²) in [7, 11) is 0. The number of ether oxygens (including phenoxy) is 3. The van der Waals surface area contributed by atoms with Crippen molar-refractivity contribution in [2.75, 3.05) is 19.8 Å². The second-order valence-electron chi connectivity index (χ2n) is 8.27. The topological polar surface area (TPSA) is 217 Å². The van der Waals surface area contributed by atoms with Crippen LogP contribution in [0.3, 0.4) is 0 Å². The van der Waals surface area contributed by atoms with E-state index in [4.69, 9.17) is 14.2 Å². The largest absolute Gasteiger partial charge is 0.512 e.